The molecule has 185 valence electrons. The van der Waals surface area contributed by atoms with Gasteiger partial charge in [-0.05, 0) is 74.0 Å². The van der Waals surface area contributed by atoms with E-state index in [-0.39, 0.29) is 17.1 Å². The minimum absolute atomic E-state index is 0. The van der Waals surface area contributed by atoms with Crippen LogP contribution in [0.5, 0.6) is 0 Å². The molecule has 0 atom stereocenters. The van der Waals surface area contributed by atoms with Crippen molar-refractivity contribution in [3.63, 3.8) is 0 Å². The van der Waals surface area contributed by atoms with Gasteiger partial charge in [-0.1, -0.05) is 77.0 Å². The topological polar surface area (TPSA) is 0 Å². The molecule has 4 saturated carbocycles. The molecule has 0 nitrogen and oxygen atoms in total. The predicted molar refractivity (Wildman–Crippen MR) is 151 cm³/mol. The monoisotopic (exact) mass is 585 g/mol. The molecule has 0 aliphatic heterocycles. The fraction of sp³-hybridized carbons (Fsp3) is 1.00. The number of hydrogen-bond donors (Lipinski definition) is 0. The van der Waals surface area contributed by atoms with Crippen molar-refractivity contribution in [3.8, 4) is 0 Å². The average Bonchev–Trinajstić information content (AvgIpc) is 2.82. The van der Waals surface area contributed by atoms with E-state index in [1.165, 1.54) is 128 Å². The molecule has 1 radical (unpaired) electrons. The summed E-state index contributed by atoms with van der Waals surface area (Å²) in [7, 11) is 0. The van der Waals surface area contributed by atoms with Crippen LogP contribution in [0.1, 0.15) is 128 Å². The van der Waals surface area contributed by atoms with Gasteiger partial charge in [-0.3, -0.25) is 0 Å². The smallest absolute Gasteiger partial charge is 0.746 e. The van der Waals surface area contributed by atoms with Gasteiger partial charge in [-0.25, -0.2) is 0 Å². The van der Waals surface area contributed by atoms with Crippen LogP contribution in [0.4, 0.5) is 0 Å². The molecule has 4 fully saturated rings. The van der Waals surface area contributed by atoms with Crippen molar-refractivity contribution in [1.29, 1.82) is 0 Å². The average molecular weight is 586 g/mol. The number of rotatable bonds is 4. The zero-order valence-electron chi connectivity index (χ0n) is 19.3. The van der Waals surface area contributed by atoms with Gasteiger partial charge in [0.1, 0.15) is 0 Å². The second kappa shape index (κ2) is 14.9. The first kappa shape index (κ1) is 29.7. The van der Waals surface area contributed by atoms with Gasteiger partial charge in [-0.2, -0.15) is 10.5 Å². The zero-order chi connectivity index (χ0) is 21.5. The molecule has 0 amide bonds. The molecule has 4 rings (SSSR count). The molecule has 0 saturated heterocycles. The molecule has 0 heterocycles. The molecule has 0 aromatic rings. The molecule has 4 aliphatic rings. The first-order valence-corrected chi connectivity index (χ1v) is 20.9. The Labute approximate surface area is 225 Å². The van der Waals surface area contributed by atoms with E-state index >= 15 is 0 Å². The van der Waals surface area contributed by atoms with Gasteiger partial charge in [-0.15, -0.1) is 23.6 Å². The van der Waals surface area contributed by atoms with Gasteiger partial charge >= 0.3 is 17.1 Å². The Morgan fingerprint density at radius 1 is 0.387 bits per heavy atom. The first-order chi connectivity index (χ1) is 14.4. The summed E-state index contributed by atoms with van der Waals surface area (Å²) in [5.74, 6) is 0. The van der Waals surface area contributed by atoms with Crippen molar-refractivity contribution in [3.05, 3.63) is 0 Å². The van der Waals surface area contributed by atoms with Crippen LogP contribution in [0.15, 0.2) is 0 Å². The van der Waals surface area contributed by atoms with Crippen LogP contribution in [-0.2, 0) is 65.2 Å². The summed E-state index contributed by atoms with van der Waals surface area (Å²) < 4.78 is 0. The van der Waals surface area contributed by atoms with Gasteiger partial charge in [0.2, 0.25) is 0 Å². The fourth-order valence-electron chi connectivity index (χ4n) is 6.36. The molecule has 0 aromatic heterocycles. The van der Waals surface area contributed by atoms with E-state index in [4.69, 9.17) is 48.1 Å². The Morgan fingerprint density at radius 2 is 0.548 bits per heavy atom. The maximum absolute atomic E-state index is 5.91. The minimum atomic E-state index is -1.43. The third-order valence-corrected chi connectivity index (χ3v) is 21.6. The van der Waals surface area contributed by atoms with E-state index < -0.39 is 10.5 Å². The van der Waals surface area contributed by atoms with Crippen LogP contribution >= 0.6 is 10.5 Å². The van der Waals surface area contributed by atoms with E-state index in [9.17, 15) is 0 Å². The maximum atomic E-state index is 5.91. The summed E-state index contributed by atoms with van der Waals surface area (Å²) in [6.45, 7) is 0. The van der Waals surface area contributed by atoms with E-state index in [0.717, 1.165) is 22.6 Å². The summed E-state index contributed by atoms with van der Waals surface area (Å²) in [6, 6.07) is 0. The van der Waals surface area contributed by atoms with E-state index in [1.54, 1.807) is 0 Å². The Bertz CT molecular complexity index is 494. The van der Waals surface area contributed by atoms with Crippen molar-refractivity contribution in [2.24, 2.45) is 0 Å². The van der Waals surface area contributed by atoms with Gasteiger partial charge in [0.15, 0.2) is 0 Å². The molecule has 0 aromatic carbocycles. The Balaban J connectivity index is 0.000000213. The minimum Gasteiger partial charge on any atom is -0.746 e. The van der Waals surface area contributed by atoms with Crippen LogP contribution in [0.2, 0.25) is 0 Å². The molecule has 0 N–H and O–H groups in total. The van der Waals surface area contributed by atoms with Crippen LogP contribution < -0.4 is 0 Å². The fourth-order valence-corrected chi connectivity index (χ4v) is 17.0. The van der Waals surface area contributed by atoms with Crippen molar-refractivity contribution in [2.75, 3.05) is 0 Å². The normalized spacial score (nSPS) is 25.9. The summed E-state index contributed by atoms with van der Waals surface area (Å²) in [5.41, 5.74) is 3.11. The van der Waals surface area contributed by atoms with E-state index in [0.29, 0.717) is 0 Å². The Hall–Kier alpha value is 2.52. The van der Waals surface area contributed by atoms with Crippen LogP contribution in [-0.4, -0.2) is 22.6 Å². The predicted octanol–water partition coefficient (Wildman–Crippen LogP) is 9.18. The third kappa shape index (κ3) is 8.84. The molecule has 0 bridgehead atoms. The van der Waals surface area contributed by atoms with Crippen LogP contribution in [0.3, 0.4) is 0 Å². The SMILES string of the molecule is S=P([S-])(C1CCCCC1)C1CCCCC1.S=P([S-])(C1CCCCC1)C1CCCCC1.[Cu+2]. The summed E-state index contributed by atoms with van der Waals surface area (Å²) in [4.78, 5) is 0. The first-order valence-electron chi connectivity index (χ1n) is 13.0. The van der Waals surface area contributed by atoms with Gasteiger partial charge in [0.05, 0.1) is 0 Å². The standard InChI is InChI=1S/2C12H23PS2.Cu/c2*14-13(15,11-7-3-1-4-8-11)12-9-5-2-6-10-12;/h2*11-12H,1-10H2,(H,14,15);/q;;+2/p-2. The largest absolute Gasteiger partial charge is 2.00 e. The third-order valence-electron chi connectivity index (χ3n) is 8.33. The maximum Gasteiger partial charge on any atom is 2.00 e. The molecule has 31 heavy (non-hydrogen) atoms. The van der Waals surface area contributed by atoms with Crippen molar-refractivity contribution in [2.45, 2.75) is 151 Å². The molecule has 4 aliphatic carbocycles. The summed E-state index contributed by atoms with van der Waals surface area (Å²) in [5, 5.41) is -2.85. The van der Waals surface area contributed by atoms with Crippen molar-refractivity contribution in [1.82, 2.24) is 0 Å². The van der Waals surface area contributed by atoms with Gasteiger partial charge in [0, 0.05) is 0 Å². The summed E-state index contributed by atoms with van der Waals surface area (Å²) >= 11 is 23.6. The van der Waals surface area contributed by atoms with Gasteiger partial charge in [0.25, 0.3) is 0 Å². The Kier molecular flexibility index (Phi) is 14.3. The van der Waals surface area contributed by atoms with E-state index in [2.05, 4.69) is 0 Å². The molecular formula is C24H44CuP2S4. The van der Waals surface area contributed by atoms with Crippen molar-refractivity contribution < 1.29 is 17.1 Å². The van der Waals surface area contributed by atoms with E-state index in [1.807, 2.05) is 0 Å². The van der Waals surface area contributed by atoms with Crippen LogP contribution in [0, 0.1) is 0 Å². The quantitative estimate of drug-likeness (QED) is 0.183. The molecule has 7 heteroatoms. The molecular weight excluding hydrogens is 542 g/mol. The van der Waals surface area contributed by atoms with Crippen molar-refractivity contribution >= 4 is 58.6 Å². The molecule has 0 spiro atoms. The van der Waals surface area contributed by atoms with Gasteiger partial charge < -0.3 is 24.5 Å². The van der Waals surface area contributed by atoms with Crippen LogP contribution in [0.25, 0.3) is 0 Å². The zero-order valence-corrected chi connectivity index (χ0v) is 25.3. The molecule has 0 unspecified atom stereocenters. The second-order valence-corrected chi connectivity index (χ2v) is 24.6. The Morgan fingerprint density at radius 3 is 0.710 bits per heavy atom. The summed E-state index contributed by atoms with van der Waals surface area (Å²) in [6.07, 6.45) is 27.7. The second-order valence-electron chi connectivity index (χ2n) is 10.5. The number of hydrogen-bond acceptors (Lipinski definition) is 4.